The van der Waals surface area contributed by atoms with Crippen LogP contribution in [-0.2, 0) is 4.79 Å². The van der Waals surface area contributed by atoms with Crippen LogP contribution in [0.2, 0.25) is 0 Å². The average Bonchev–Trinajstić information content (AvgIpc) is 2.32. The van der Waals surface area contributed by atoms with Crippen molar-refractivity contribution in [2.75, 3.05) is 18.5 Å². The molecule has 1 aromatic rings. The normalized spacial score (nSPS) is 11.1. The minimum absolute atomic E-state index is 0.321. The number of hydrogen-bond acceptors (Lipinski definition) is 2. The third-order valence-electron chi connectivity index (χ3n) is 3.01. The summed E-state index contributed by atoms with van der Waals surface area (Å²) in [4.78, 5) is 26.3. The number of aryl methyl sites for hydroxylation is 1. The first-order chi connectivity index (χ1) is 9.12. The zero-order valence-electron chi connectivity index (χ0n) is 12.7. The molecule has 0 aliphatic heterocycles. The molecule has 0 aromatic heterocycles. The molecule has 0 unspecified atom stereocenters. The van der Waals surface area contributed by atoms with Gasteiger partial charge in [0.05, 0.1) is 0 Å². The monoisotopic (exact) mass is 278 g/mol. The lowest BCUT2D eigenvalue weighted by molar-refractivity contribution is -0.138. The lowest BCUT2D eigenvalue weighted by Crippen LogP contribution is -2.53. The van der Waals surface area contributed by atoms with Crippen LogP contribution in [0.5, 0.6) is 0 Å². The highest BCUT2D eigenvalue weighted by molar-refractivity contribution is 5.93. The topological polar surface area (TPSA) is 60.9 Å². The van der Waals surface area contributed by atoms with E-state index in [0.717, 1.165) is 11.3 Å². The SMILES string of the molecule is Cc1cccc(N(C)C(=O)N(CC(=O)O)C(C)(C)C)c1. The minimum Gasteiger partial charge on any atom is -0.480 e. The second kappa shape index (κ2) is 5.94. The fourth-order valence-corrected chi connectivity index (χ4v) is 1.86. The van der Waals surface area contributed by atoms with Crippen molar-refractivity contribution in [3.8, 4) is 0 Å². The molecule has 0 fully saturated rings. The van der Waals surface area contributed by atoms with Crippen molar-refractivity contribution in [1.82, 2.24) is 4.90 Å². The van der Waals surface area contributed by atoms with Crippen LogP contribution in [-0.4, -0.2) is 41.1 Å². The molecule has 0 spiro atoms. The van der Waals surface area contributed by atoms with Crippen molar-refractivity contribution in [3.63, 3.8) is 0 Å². The number of carboxylic acids is 1. The molecule has 110 valence electrons. The van der Waals surface area contributed by atoms with Gasteiger partial charge in [0.1, 0.15) is 6.54 Å². The lowest BCUT2D eigenvalue weighted by Gasteiger charge is -2.37. The molecule has 1 N–H and O–H groups in total. The summed E-state index contributed by atoms with van der Waals surface area (Å²) in [6.45, 7) is 7.08. The van der Waals surface area contributed by atoms with Crippen molar-refractivity contribution >= 4 is 17.7 Å². The molecule has 20 heavy (non-hydrogen) atoms. The summed E-state index contributed by atoms with van der Waals surface area (Å²) in [5, 5.41) is 8.98. The number of carboxylic acid groups (broad SMARTS) is 1. The Hall–Kier alpha value is -2.04. The lowest BCUT2D eigenvalue weighted by atomic mass is 10.1. The van der Waals surface area contributed by atoms with Crippen molar-refractivity contribution < 1.29 is 14.7 Å². The summed E-state index contributed by atoms with van der Waals surface area (Å²) in [6, 6.07) is 7.20. The summed E-state index contributed by atoms with van der Waals surface area (Å²) in [5.74, 6) is -1.02. The van der Waals surface area contributed by atoms with Gasteiger partial charge in [-0.15, -0.1) is 0 Å². The Balaban J connectivity index is 3.03. The Kier molecular flexibility index (Phi) is 4.76. The number of benzene rings is 1. The number of anilines is 1. The number of hydrogen-bond donors (Lipinski definition) is 1. The van der Waals surface area contributed by atoms with Crippen LogP contribution >= 0.6 is 0 Å². The highest BCUT2D eigenvalue weighted by atomic mass is 16.4. The van der Waals surface area contributed by atoms with Crippen molar-refractivity contribution in [2.24, 2.45) is 0 Å². The van der Waals surface area contributed by atoms with E-state index in [-0.39, 0.29) is 12.6 Å². The van der Waals surface area contributed by atoms with Crippen LogP contribution in [0.1, 0.15) is 26.3 Å². The smallest absolute Gasteiger partial charge is 0.325 e. The van der Waals surface area contributed by atoms with E-state index in [2.05, 4.69) is 0 Å². The van der Waals surface area contributed by atoms with Crippen LogP contribution in [0, 0.1) is 6.92 Å². The molecular formula is C15H22N2O3. The molecule has 5 nitrogen and oxygen atoms in total. The predicted molar refractivity (Wildman–Crippen MR) is 79.1 cm³/mol. The van der Waals surface area contributed by atoms with Gasteiger partial charge in [-0.2, -0.15) is 0 Å². The Morgan fingerprint density at radius 2 is 1.85 bits per heavy atom. The standard InChI is InChI=1S/C15H22N2O3/c1-11-7-6-8-12(9-11)16(5)14(20)17(10-13(18)19)15(2,3)4/h6-9H,10H2,1-5H3,(H,18,19). The highest BCUT2D eigenvalue weighted by Gasteiger charge is 2.31. The molecule has 1 rings (SSSR count). The van der Waals surface area contributed by atoms with Crippen molar-refractivity contribution in [3.05, 3.63) is 29.8 Å². The van der Waals surface area contributed by atoms with Gasteiger partial charge in [0, 0.05) is 18.3 Å². The number of nitrogens with zero attached hydrogens (tertiary/aromatic N) is 2. The van der Waals surface area contributed by atoms with Crippen LogP contribution in [0.4, 0.5) is 10.5 Å². The minimum atomic E-state index is -1.02. The van der Waals surface area contributed by atoms with E-state index >= 15 is 0 Å². The van der Waals surface area contributed by atoms with E-state index in [1.807, 2.05) is 52.0 Å². The van der Waals surface area contributed by atoms with E-state index in [1.165, 1.54) is 9.80 Å². The molecule has 1 aromatic carbocycles. The summed E-state index contributed by atoms with van der Waals surface area (Å²) in [7, 11) is 1.65. The fourth-order valence-electron chi connectivity index (χ4n) is 1.86. The average molecular weight is 278 g/mol. The maximum atomic E-state index is 12.5. The first kappa shape index (κ1) is 16.0. The molecule has 0 aliphatic rings. The van der Waals surface area contributed by atoms with E-state index in [0.29, 0.717) is 0 Å². The molecule has 0 saturated carbocycles. The molecule has 0 atom stereocenters. The number of aliphatic carboxylic acids is 1. The van der Waals surface area contributed by atoms with Gasteiger partial charge in [0.15, 0.2) is 0 Å². The van der Waals surface area contributed by atoms with Gasteiger partial charge in [-0.05, 0) is 45.4 Å². The van der Waals surface area contributed by atoms with E-state index < -0.39 is 11.5 Å². The summed E-state index contributed by atoms with van der Waals surface area (Å²) in [6.07, 6.45) is 0. The maximum absolute atomic E-state index is 12.5. The molecule has 0 heterocycles. The zero-order valence-corrected chi connectivity index (χ0v) is 12.7. The summed E-state index contributed by atoms with van der Waals surface area (Å²) >= 11 is 0. The van der Waals surface area contributed by atoms with Gasteiger partial charge in [-0.1, -0.05) is 12.1 Å². The molecule has 0 saturated heterocycles. The third-order valence-corrected chi connectivity index (χ3v) is 3.01. The third kappa shape index (κ3) is 3.98. The second-order valence-electron chi connectivity index (χ2n) is 5.83. The van der Waals surface area contributed by atoms with Gasteiger partial charge in [0.25, 0.3) is 0 Å². The molecule has 0 bridgehead atoms. The van der Waals surface area contributed by atoms with Gasteiger partial charge >= 0.3 is 12.0 Å². The maximum Gasteiger partial charge on any atom is 0.325 e. The van der Waals surface area contributed by atoms with Crippen molar-refractivity contribution in [1.29, 1.82) is 0 Å². The van der Waals surface area contributed by atoms with Crippen LogP contribution in [0.15, 0.2) is 24.3 Å². The first-order valence-corrected chi connectivity index (χ1v) is 6.46. The van der Waals surface area contributed by atoms with Crippen LogP contribution in [0.3, 0.4) is 0 Å². The van der Waals surface area contributed by atoms with E-state index in [4.69, 9.17) is 5.11 Å². The first-order valence-electron chi connectivity index (χ1n) is 6.46. The van der Waals surface area contributed by atoms with Gasteiger partial charge in [0.2, 0.25) is 0 Å². The molecule has 0 aliphatic carbocycles. The number of carbonyl (C=O) groups is 2. The molecular weight excluding hydrogens is 256 g/mol. The van der Waals surface area contributed by atoms with Crippen LogP contribution < -0.4 is 4.90 Å². The molecule has 0 radical (unpaired) electrons. The number of amides is 2. The zero-order chi connectivity index (χ0) is 15.5. The van der Waals surface area contributed by atoms with E-state index in [9.17, 15) is 9.59 Å². The quantitative estimate of drug-likeness (QED) is 0.924. The fraction of sp³-hybridized carbons (Fsp3) is 0.467. The number of urea groups is 1. The van der Waals surface area contributed by atoms with E-state index in [1.54, 1.807) is 7.05 Å². The van der Waals surface area contributed by atoms with Gasteiger partial charge in [-0.3, -0.25) is 9.69 Å². The largest absolute Gasteiger partial charge is 0.480 e. The Morgan fingerprint density at radius 1 is 1.25 bits per heavy atom. The van der Waals surface area contributed by atoms with Crippen LogP contribution in [0.25, 0.3) is 0 Å². The predicted octanol–water partition coefficient (Wildman–Crippen LogP) is 2.74. The second-order valence-corrected chi connectivity index (χ2v) is 5.83. The number of carbonyl (C=O) groups excluding carboxylic acids is 1. The Morgan fingerprint density at radius 3 is 2.30 bits per heavy atom. The van der Waals surface area contributed by atoms with Crippen molar-refractivity contribution in [2.45, 2.75) is 33.2 Å². The molecule has 2 amide bonds. The molecule has 5 heteroatoms. The summed E-state index contributed by atoms with van der Waals surface area (Å²) < 4.78 is 0. The summed E-state index contributed by atoms with van der Waals surface area (Å²) in [5.41, 5.74) is 1.23. The highest BCUT2D eigenvalue weighted by Crippen LogP contribution is 2.20. The Bertz CT molecular complexity index is 506. The number of rotatable bonds is 3. The Labute approximate surface area is 119 Å². The van der Waals surface area contributed by atoms with Gasteiger partial charge in [-0.25, -0.2) is 4.79 Å². The van der Waals surface area contributed by atoms with Gasteiger partial charge < -0.3 is 10.0 Å².